The molecule has 0 unspecified atom stereocenters. The molecule has 0 radical (unpaired) electrons. The second-order valence-electron chi connectivity index (χ2n) is 7.31. The van der Waals surface area contributed by atoms with Crippen LogP contribution >= 0.6 is 0 Å². The zero-order valence-electron chi connectivity index (χ0n) is 15.1. The van der Waals surface area contributed by atoms with Gasteiger partial charge in [-0.25, -0.2) is 0 Å². The van der Waals surface area contributed by atoms with Gasteiger partial charge >= 0.3 is 0 Å². The fourth-order valence-electron chi connectivity index (χ4n) is 3.45. The van der Waals surface area contributed by atoms with E-state index in [0.717, 1.165) is 36.2 Å². The predicted octanol–water partition coefficient (Wildman–Crippen LogP) is 2.62. The normalized spacial score (nSPS) is 17.9. The molecule has 0 aromatic carbocycles. The number of likely N-dealkylation sites (tertiary alicyclic amines) is 1. The van der Waals surface area contributed by atoms with Gasteiger partial charge in [-0.3, -0.25) is 14.7 Å². The maximum atomic E-state index is 12.8. The Balaban J connectivity index is 1.72. The first-order valence-electron chi connectivity index (χ1n) is 8.97. The maximum Gasteiger partial charge on any atom is 0.261 e. The number of pyridine rings is 1. The highest BCUT2D eigenvalue weighted by Gasteiger charge is 2.26. The van der Waals surface area contributed by atoms with Crippen LogP contribution < -0.4 is 5.56 Å². The Morgan fingerprint density at radius 1 is 1.40 bits per heavy atom. The molecule has 1 amide bonds. The van der Waals surface area contributed by atoms with E-state index in [-0.39, 0.29) is 22.9 Å². The van der Waals surface area contributed by atoms with Crippen LogP contribution in [0.15, 0.2) is 23.1 Å². The number of carbonyl (C=O) groups excluding carboxylic acids is 1. The average molecular weight is 342 g/mol. The third-order valence-corrected chi connectivity index (χ3v) is 5.02. The molecule has 2 aromatic rings. The molecule has 0 saturated carbocycles. The van der Waals surface area contributed by atoms with Crippen molar-refractivity contribution in [1.29, 1.82) is 0 Å². The molecule has 3 heterocycles. The standard InChI is InChI=1S/C19H26N4O2/c1-12(2)16-7-6-15(18(24)21-16)19(25)23-8-4-5-14(11-23)9-17-13(3)10-20-22-17/h6-7,10,12,14H,4-5,8-9,11H2,1-3H3,(H,20,22)(H,21,24)/t14-/m0/s1. The number of aryl methyl sites for hydroxylation is 1. The molecule has 1 aliphatic heterocycles. The minimum absolute atomic E-state index is 0.164. The van der Waals surface area contributed by atoms with E-state index in [4.69, 9.17) is 0 Å². The summed E-state index contributed by atoms with van der Waals surface area (Å²) in [5.74, 6) is 0.460. The van der Waals surface area contributed by atoms with Crippen LogP contribution in [0.5, 0.6) is 0 Å². The molecule has 1 fully saturated rings. The van der Waals surface area contributed by atoms with Crippen LogP contribution in [0.2, 0.25) is 0 Å². The average Bonchev–Trinajstić information content (AvgIpc) is 2.99. The lowest BCUT2D eigenvalue weighted by Crippen LogP contribution is -2.42. The Morgan fingerprint density at radius 2 is 2.20 bits per heavy atom. The Hall–Kier alpha value is -2.37. The first kappa shape index (κ1) is 17.5. The van der Waals surface area contributed by atoms with E-state index < -0.39 is 0 Å². The number of nitrogens with zero attached hydrogens (tertiary/aromatic N) is 2. The van der Waals surface area contributed by atoms with Crippen molar-refractivity contribution in [2.24, 2.45) is 5.92 Å². The van der Waals surface area contributed by atoms with Crippen molar-refractivity contribution in [3.63, 3.8) is 0 Å². The number of piperidine rings is 1. The van der Waals surface area contributed by atoms with Gasteiger partial charge in [0.05, 0.1) is 6.20 Å². The monoisotopic (exact) mass is 342 g/mol. The summed E-state index contributed by atoms with van der Waals surface area (Å²) in [4.78, 5) is 29.8. The summed E-state index contributed by atoms with van der Waals surface area (Å²) >= 11 is 0. The summed E-state index contributed by atoms with van der Waals surface area (Å²) < 4.78 is 0. The quantitative estimate of drug-likeness (QED) is 0.896. The molecule has 0 bridgehead atoms. The number of amides is 1. The lowest BCUT2D eigenvalue weighted by molar-refractivity contribution is 0.0671. The van der Waals surface area contributed by atoms with Crippen molar-refractivity contribution in [3.8, 4) is 0 Å². The molecular formula is C19H26N4O2. The van der Waals surface area contributed by atoms with Crippen LogP contribution in [-0.4, -0.2) is 39.1 Å². The Bertz CT molecular complexity index is 806. The molecule has 1 aliphatic rings. The lowest BCUT2D eigenvalue weighted by atomic mass is 9.92. The van der Waals surface area contributed by atoms with Gasteiger partial charge in [0.15, 0.2) is 0 Å². The van der Waals surface area contributed by atoms with Gasteiger partial charge in [0.2, 0.25) is 0 Å². The zero-order chi connectivity index (χ0) is 18.0. The minimum Gasteiger partial charge on any atom is -0.338 e. The summed E-state index contributed by atoms with van der Waals surface area (Å²) in [7, 11) is 0. The van der Waals surface area contributed by atoms with Crippen LogP contribution in [0.4, 0.5) is 0 Å². The van der Waals surface area contributed by atoms with Crippen molar-refractivity contribution in [2.75, 3.05) is 13.1 Å². The number of H-pyrrole nitrogens is 2. The van der Waals surface area contributed by atoms with Gasteiger partial charge in [-0.15, -0.1) is 0 Å². The lowest BCUT2D eigenvalue weighted by Gasteiger charge is -2.32. The molecule has 2 N–H and O–H groups in total. The highest BCUT2D eigenvalue weighted by Crippen LogP contribution is 2.22. The highest BCUT2D eigenvalue weighted by atomic mass is 16.2. The van der Waals surface area contributed by atoms with Crippen molar-refractivity contribution >= 4 is 5.91 Å². The fourth-order valence-corrected chi connectivity index (χ4v) is 3.45. The van der Waals surface area contributed by atoms with Gasteiger partial charge in [-0.05, 0) is 55.7 Å². The molecule has 2 aromatic heterocycles. The Labute approximate surface area is 147 Å². The van der Waals surface area contributed by atoms with Crippen molar-refractivity contribution in [2.45, 2.75) is 46.0 Å². The summed E-state index contributed by atoms with van der Waals surface area (Å²) in [6.45, 7) is 7.46. The molecule has 3 rings (SSSR count). The van der Waals surface area contributed by atoms with Crippen LogP contribution in [-0.2, 0) is 6.42 Å². The molecular weight excluding hydrogens is 316 g/mol. The third kappa shape index (κ3) is 3.83. The van der Waals surface area contributed by atoms with Crippen LogP contribution in [0.1, 0.15) is 59.9 Å². The SMILES string of the molecule is Cc1cn[nH]c1C[C@@H]1CCCN(C(=O)c2ccc(C(C)C)[nH]c2=O)C1. The van der Waals surface area contributed by atoms with Crippen LogP contribution in [0.3, 0.4) is 0 Å². The molecule has 0 aliphatic carbocycles. The van der Waals surface area contributed by atoms with Crippen molar-refractivity contribution < 1.29 is 4.79 Å². The molecule has 1 saturated heterocycles. The predicted molar refractivity (Wildman–Crippen MR) is 96.8 cm³/mol. The van der Waals surface area contributed by atoms with E-state index >= 15 is 0 Å². The fraction of sp³-hybridized carbons (Fsp3) is 0.526. The maximum absolute atomic E-state index is 12.8. The molecule has 1 atom stereocenters. The third-order valence-electron chi connectivity index (χ3n) is 5.02. The molecule has 0 spiro atoms. The summed E-state index contributed by atoms with van der Waals surface area (Å²) in [5.41, 5.74) is 3.10. The Kier molecular flexibility index (Phi) is 5.06. The van der Waals surface area contributed by atoms with Gasteiger partial charge in [0, 0.05) is 24.5 Å². The van der Waals surface area contributed by atoms with E-state index in [1.54, 1.807) is 6.07 Å². The van der Waals surface area contributed by atoms with Gasteiger partial charge in [0.25, 0.3) is 11.5 Å². The summed E-state index contributed by atoms with van der Waals surface area (Å²) in [6.07, 6.45) is 4.77. The summed E-state index contributed by atoms with van der Waals surface area (Å²) in [5, 5.41) is 7.12. The van der Waals surface area contributed by atoms with Crippen LogP contribution in [0.25, 0.3) is 0 Å². The second kappa shape index (κ2) is 7.25. The summed E-state index contributed by atoms with van der Waals surface area (Å²) in [6, 6.07) is 3.51. The molecule has 25 heavy (non-hydrogen) atoms. The second-order valence-corrected chi connectivity index (χ2v) is 7.31. The number of nitrogens with one attached hydrogen (secondary N) is 2. The zero-order valence-corrected chi connectivity index (χ0v) is 15.1. The van der Waals surface area contributed by atoms with E-state index in [2.05, 4.69) is 15.2 Å². The minimum atomic E-state index is -0.289. The topological polar surface area (TPSA) is 81.8 Å². The van der Waals surface area contributed by atoms with E-state index in [9.17, 15) is 9.59 Å². The first-order valence-corrected chi connectivity index (χ1v) is 8.97. The van der Waals surface area contributed by atoms with Crippen LogP contribution in [0, 0.1) is 12.8 Å². The first-order chi connectivity index (χ1) is 12.0. The number of hydrogen-bond acceptors (Lipinski definition) is 3. The van der Waals surface area contributed by atoms with Crippen molar-refractivity contribution in [3.05, 3.63) is 51.2 Å². The molecule has 6 nitrogen and oxygen atoms in total. The van der Waals surface area contributed by atoms with Gasteiger partial charge < -0.3 is 9.88 Å². The number of carbonyl (C=O) groups is 1. The smallest absolute Gasteiger partial charge is 0.261 e. The van der Waals surface area contributed by atoms with E-state index in [0.29, 0.717) is 19.0 Å². The van der Waals surface area contributed by atoms with Crippen molar-refractivity contribution in [1.82, 2.24) is 20.1 Å². The highest BCUT2D eigenvalue weighted by molar-refractivity contribution is 5.93. The number of aromatic nitrogens is 3. The molecule has 6 heteroatoms. The Morgan fingerprint density at radius 3 is 2.84 bits per heavy atom. The largest absolute Gasteiger partial charge is 0.338 e. The van der Waals surface area contributed by atoms with E-state index in [1.807, 2.05) is 37.9 Å². The van der Waals surface area contributed by atoms with Gasteiger partial charge in [-0.2, -0.15) is 5.10 Å². The number of aromatic amines is 2. The van der Waals surface area contributed by atoms with Gasteiger partial charge in [0.1, 0.15) is 5.56 Å². The van der Waals surface area contributed by atoms with E-state index in [1.165, 1.54) is 0 Å². The molecule has 134 valence electrons. The number of rotatable bonds is 4. The van der Waals surface area contributed by atoms with Gasteiger partial charge in [-0.1, -0.05) is 13.8 Å². The number of hydrogen-bond donors (Lipinski definition) is 2.